The minimum atomic E-state index is -1.07. The molecule has 194 valence electrons. The lowest BCUT2D eigenvalue weighted by molar-refractivity contribution is -0.152. The van der Waals surface area contributed by atoms with Gasteiger partial charge in [-0.15, -0.1) is 0 Å². The zero-order valence-corrected chi connectivity index (χ0v) is 21.1. The number of nitrogens with zero attached hydrogens (tertiary/aromatic N) is 1. The number of hydrogen-bond donors (Lipinski definition) is 2. The number of carbonyl (C=O) groups is 4. The van der Waals surface area contributed by atoms with Crippen molar-refractivity contribution in [3.05, 3.63) is 59.5 Å². The number of amides is 3. The molecule has 1 aliphatic carbocycles. The molecule has 0 aliphatic heterocycles. The van der Waals surface area contributed by atoms with Crippen molar-refractivity contribution in [2.45, 2.75) is 64.5 Å². The minimum Gasteiger partial charge on any atom is -0.465 e. The summed E-state index contributed by atoms with van der Waals surface area (Å²) in [4.78, 5) is 52.9. The molecule has 0 saturated heterocycles. The molecule has 3 amide bonds. The van der Waals surface area contributed by atoms with Gasteiger partial charge in [-0.2, -0.15) is 0 Å². The Hall–Kier alpha value is -3.62. The van der Waals surface area contributed by atoms with Crippen LogP contribution in [0.4, 0.5) is 0 Å². The van der Waals surface area contributed by atoms with Crippen LogP contribution in [0.3, 0.4) is 0 Å². The molecule has 1 heterocycles. The second-order valence-corrected chi connectivity index (χ2v) is 9.20. The van der Waals surface area contributed by atoms with E-state index in [0.29, 0.717) is 11.5 Å². The predicted molar refractivity (Wildman–Crippen MR) is 133 cm³/mol. The van der Waals surface area contributed by atoms with Gasteiger partial charge >= 0.3 is 5.97 Å². The Kier molecular flexibility index (Phi) is 9.67. The molecule has 1 aromatic heterocycles. The van der Waals surface area contributed by atoms with E-state index in [1.807, 2.05) is 12.1 Å². The topological polar surface area (TPSA) is 118 Å². The van der Waals surface area contributed by atoms with Crippen molar-refractivity contribution in [3.8, 4) is 0 Å². The van der Waals surface area contributed by atoms with E-state index in [0.717, 1.165) is 31.2 Å². The van der Waals surface area contributed by atoms with Crippen molar-refractivity contribution in [1.29, 1.82) is 0 Å². The van der Waals surface area contributed by atoms with E-state index >= 15 is 0 Å². The minimum absolute atomic E-state index is 0.0214. The van der Waals surface area contributed by atoms with Crippen LogP contribution < -0.4 is 10.6 Å². The van der Waals surface area contributed by atoms with Gasteiger partial charge in [-0.3, -0.25) is 19.2 Å². The summed E-state index contributed by atoms with van der Waals surface area (Å²) < 4.78 is 10.2. The molecular weight excluding hydrogens is 462 g/mol. The van der Waals surface area contributed by atoms with E-state index in [-0.39, 0.29) is 24.3 Å². The first-order chi connectivity index (χ1) is 17.3. The lowest BCUT2D eigenvalue weighted by atomic mass is 9.97. The fourth-order valence-corrected chi connectivity index (χ4v) is 4.31. The standard InChI is InChI=1S/C27H35N3O6/c1-4-35-24(32)17-30(23(31)16-28-26(33)22-10-7-15-36-22)25(27(34)29-21-8-5-6-9-21)20-13-11-19(12-14-20)18(2)3/h7,10-15,18,21,25H,4-6,8-9,16-17H2,1-3H3,(H,28,33)(H,29,34)/t25-/m0/s1. The van der Waals surface area contributed by atoms with Crippen LogP contribution >= 0.6 is 0 Å². The highest BCUT2D eigenvalue weighted by atomic mass is 16.5. The Morgan fingerprint density at radius 1 is 1.06 bits per heavy atom. The predicted octanol–water partition coefficient (Wildman–Crippen LogP) is 3.32. The molecule has 2 aromatic rings. The van der Waals surface area contributed by atoms with Gasteiger partial charge in [0.15, 0.2) is 5.76 Å². The summed E-state index contributed by atoms with van der Waals surface area (Å²) in [5.41, 5.74) is 1.66. The zero-order chi connectivity index (χ0) is 26.1. The molecule has 0 radical (unpaired) electrons. The largest absolute Gasteiger partial charge is 0.465 e. The van der Waals surface area contributed by atoms with Crippen LogP contribution in [0, 0.1) is 0 Å². The van der Waals surface area contributed by atoms with Crippen LogP contribution in [0.2, 0.25) is 0 Å². The van der Waals surface area contributed by atoms with Crippen molar-refractivity contribution < 1.29 is 28.3 Å². The van der Waals surface area contributed by atoms with Gasteiger partial charge in [-0.05, 0) is 48.9 Å². The Morgan fingerprint density at radius 2 is 1.72 bits per heavy atom. The summed E-state index contributed by atoms with van der Waals surface area (Å²) in [6.07, 6.45) is 5.16. The van der Waals surface area contributed by atoms with Gasteiger partial charge in [0.2, 0.25) is 11.8 Å². The van der Waals surface area contributed by atoms with E-state index in [9.17, 15) is 19.2 Å². The molecule has 1 atom stereocenters. The summed E-state index contributed by atoms with van der Waals surface area (Å²) in [5.74, 6) is -1.83. The van der Waals surface area contributed by atoms with Gasteiger partial charge in [0, 0.05) is 6.04 Å². The van der Waals surface area contributed by atoms with Crippen molar-refractivity contribution in [1.82, 2.24) is 15.5 Å². The van der Waals surface area contributed by atoms with Gasteiger partial charge in [-0.1, -0.05) is 51.0 Å². The molecule has 9 nitrogen and oxygen atoms in total. The van der Waals surface area contributed by atoms with E-state index in [1.54, 1.807) is 25.1 Å². The smallest absolute Gasteiger partial charge is 0.325 e. The Balaban J connectivity index is 1.89. The molecule has 0 spiro atoms. The van der Waals surface area contributed by atoms with Gasteiger partial charge < -0.3 is 24.7 Å². The molecule has 1 fully saturated rings. The third kappa shape index (κ3) is 7.19. The van der Waals surface area contributed by atoms with Crippen LogP contribution in [0.1, 0.15) is 80.1 Å². The number of ether oxygens (including phenoxy) is 1. The molecule has 9 heteroatoms. The maximum absolute atomic E-state index is 13.6. The third-order valence-electron chi connectivity index (χ3n) is 6.25. The summed E-state index contributed by atoms with van der Waals surface area (Å²) in [7, 11) is 0. The SMILES string of the molecule is CCOC(=O)CN(C(=O)CNC(=O)c1ccco1)[C@H](C(=O)NC1CCCC1)c1ccc(C(C)C)cc1. The fraction of sp³-hybridized carbons (Fsp3) is 0.481. The van der Waals surface area contributed by atoms with Crippen LogP contribution in [0.5, 0.6) is 0 Å². The Bertz CT molecular complexity index is 1030. The van der Waals surface area contributed by atoms with Gasteiger partial charge in [0.05, 0.1) is 19.4 Å². The lowest BCUT2D eigenvalue weighted by Gasteiger charge is -2.31. The second-order valence-electron chi connectivity index (χ2n) is 9.20. The fourth-order valence-electron chi connectivity index (χ4n) is 4.31. The average molecular weight is 498 g/mol. The summed E-state index contributed by atoms with van der Waals surface area (Å²) in [6, 6.07) is 9.45. The van der Waals surface area contributed by atoms with E-state index in [1.165, 1.54) is 17.2 Å². The monoisotopic (exact) mass is 497 g/mol. The van der Waals surface area contributed by atoms with Crippen molar-refractivity contribution in [2.75, 3.05) is 19.7 Å². The number of carbonyl (C=O) groups excluding carboxylic acids is 4. The number of benzene rings is 1. The molecule has 1 saturated carbocycles. The van der Waals surface area contributed by atoms with Crippen LogP contribution in [-0.4, -0.2) is 54.3 Å². The maximum atomic E-state index is 13.6. The van der Waals surface area contributed by atoms with E-state index in [2.05, 4.69) is 24.5 Å². The van der Waals surface area contributed by atoms with Crippen LogP contribution in [-0.2, 0) is 19.1 Å². The van der Waals surface area contributed by atoms with E-state index in [4.69, 9.17) is 9.15 Å². The average Bonchev–Trinajstić information content (AvgIpc) is 3.57. The highest BCUT2D eigenvalue weighted by Crippen LogP contribution is 2.26. The summed E-state index contributed by atoms with van der Waals surface area (Å²) in [6.45, 7) is 5.09. The van der Waals surface area contributed by atoms with Crippen molar-refractivity contribution in [3.63, 3.8) is 0 Å². The first kappa shape index (κ1) is 27.0. The Morgan fingerprint density at radius 3 is 2.31 bits per heavy atom. The molecule has 1 aliphatic rings. The first-order valence-corrected chi connectivity index (χ1v) is 12.5. The Labute approximate surface area is 211 Å². The zero-order valence-electron chi connectivity index (χ0n) is 21.1. The molecule has 0 unspecified atom stereocenters. The molecule has 36 heavy (non-hydrogen) atoms. The van der Waals surface area contributed by atoms with Gasteiger partial charge in [0.25, 0.3) is 5.91 Å². The van der Waals surface area contributed by atoms with Gasteiger partial charge in [-0.25, -0.2) is 0 Å². The van der Waals surface area contributed by atoms with Crippen LogP contribution in [0.15, 0.2) is 47.1 Å². The number of hydrogen-bond acceptors (Lipinski definition) is 6. The highest BCUT2D eigenvalue weighted by Gasteiger charge is 2.35. The molecular formula is C27H35N3O6. The molecule has 3 rings (SSSR count). The molecule has 0 bridgehead atoms. The number of nitrogens with one attached hydrogen (secondary N) is 2. The second kappa shape index (κ2) is 12.9. The summed E-state index contributed by atoms with van der Waals surface area (Å²) >= 11 is 0. The third-order valence-corrected chi connectivity index (χ3v) is 6.25. The number of rotatable bonds is 11. The number of esters is 1. The quantitative estimate of drug-likeness (QED) is 0.460. The highest BCUT2D eigenvalue weighted by molar-refractivity contribution is 5.96. The van der Waals surface area contributed by atoms with Gasteiger partial charge in [0.1, 0.15) is 12.6 Å². The lowest BCUT2D eigenvalue weighted by Crippen LogP contribution is -2.50. The van der Waals surface area contributed by atoms with E-state index < -0.39 is 36.9 Å². The van der Waals surface area contributed by atoms with Crippen molar-refractivity contribution >= 4 is 23.7 Å². The first-order valence-electron chi connectivity index (χ1n) is 12.5. The molecule has 2 N–H and O–H groups in total. The van der Waals surface area contributed by atoms with Crippen molar-refractivity contribution in [2.24, 2.45) is 0 Å². The maximum Gasteiger partial charge on any atom is 0.325 e. The van der Waals surface area contributed by atoms with Crippen LogP contribution in [0.25, 0.3) is 0 Å². The number of furan rings is 1. The summed E-state index contributed by atoms with van der Waals surface area (Å²) in [5, 5.41) is 5.56. The molecule has 1 aromatic carbocycles. The normalized spacial score (nSPS) is 14.3.